The van der Waals surface area contributed by atoms with Crippen molar-refractivity contribution in [1.82, 2.24) is 5.32 Å². The van der Waals surface area contributed by atoms with E-state index in [1.54, 1.807) is 0 Å². The van der Waals surface area contributed by atoms with E-state index in [9.17, 15) is 9.59 Å². The smallest absolute Gasteiger partial charge is 0.313 e. The zero-order chi connectivity index (χ0) is 15.7. The Morgan fingerprint density at radius 3 is 2.43 bits per heavy atom. The van der Waals surface area contributed by atoms with Crippen LogP contribution in [-0.2, 0) is 9.59 Å². The fourth-order valence-electron chi connectivity index (χ4n) is 2.13. The van der Waals surface area contributed by atoms with Gasteiger partial charge in [0, 0.05) is 12.2 Å². The van der Waals surface area contributed by atoms with Gasteiger partial charge in [0.15, 0.2) is 0 Å². The molecule has 1 aromatic carbocycles. The highest BCUT2D eigenvalue weighted by atomic mass is 16.2. The van der Waals surface area contributed by atoms with Crippen LogP contribution in [0.5, 0.6) is 0 Å². The summed E-state index contributed by atoms with van der Waals surface area (Å²) in [6, 6.07) is 7.56. The summed E-state index contributed by atoms with van der Waals surface area (Å²) in [5.74, 6) is -0.873. The molecule has 0 saturated heterocycles. The van der Waals surface area contributed by atoms with E-state index in [4.69, 9.17) is 0 Å². The number of unbranched alkanes of at least 4 members (excludes halogenated alkanes) is 3. The van der Waals surface area contributed by atoms with Crippen molar-refractivity contribution < 1.29 is 9.59 Å². The van der Waals surface area contributed by atoms with Gasteiger partial charge in [0.2, 0.25) is 0 Å². The second kappa shape index (κ2) is 9.16. The Morgan fingerprint density at radius 1 is 1.05 bits per heavy atom. The first-order chi connectivity index (χ1) is 10.1. The molecule has 1 aromatic rings. The van der Waals surface area contributed by atoms with Crippen LogP contribution in [0.4, 0.5) is 5.69 Å². The first kappa shape index (κ1) is 17.2. The number of benzene rings is 1. The molecule has 0 bridgehead atoms. The molecule has 2 N–H and O–H groups in total. The van der Waals surface area contributed by atoms with Gasteiger partial charge in [-0.2, -0.15) is 0 Å². The molecule has 0 aromatic heterocycles. The fraction of sp³-hybridized carbons (Fsp3) is 0.529. The zero-order valence-electron chi connectivity index (χ0n) is 13.2. The number of anilines is 1. The molecule has 0 unspecified atom stereocenters. The maximum atomic E-state index is 11.9. The van der Waals surface area contributed by atoms with Crippen LogP contribution in [0.15, 0.2) is 24.3 Å². The third-order valence-electron chi connectivity index (χ3n) is 3.35. The molecule has 4 nitrogen and oxygen atoms in total. The van der Waals surface area contributed by atoms with Crippen molar-refractivity contribution in [3.05, 3.63) is 29.8 Å². The zero-order valence-corrected chi connectivity index (χ0v) is 13.2. The van der Waals surface area contributed by atoms with Crippen LogP contribution in [0.1, 0.15) is 57.9 Å². The standard InChI is InChI=1S/C17H26N2O2/c1-4-5-6-9-12-18-16(20)17(21)19-15-11-8-7-10-14(15)13(2)3/h7-8,10-11,13H,4-6,9,12H2,1-3H3,(H,18,20)(H,19,21). The molecule has 4 heteroatoms. The second-order valence-corrected chi connectivity index (χ2v) is 5.51. The van der Waals surface area contributed by atoms with E-state index in [0.717, 1.165) is 31.2 Å². The van der Waals surface area contributed by atoms with Gasteiger partial charge in [-0.25, -0.2) is 0 Å². The molecule has 0 fully saturated rings. The second-order valence-electron chi connectivity index (χ2n) is 5.51. The van der Waals surface area contributed by atoms with Crippen LogP contribution in [0.25, 0.3) is 0 Å². The molecule has 1 rings (SSSR count). The van der Waals surface area contributed by atoms with Gasteiger partial charge in [0.05, 0.1) is 0 Å². The number of rotatable bonds is 7. The van der Waals surface area contributed by atoms with Crippen molar-refractivity contribution in [2.45, 2.75) is 52.4 Å². The summed E-state index contributed by atoms with van der Waals surface area (Å²) in [4.78, 5) is 23.6. The Kier molecular flexibility index (Phi) is 7.51. The topological polar surface area (TPSA) is 58.2 Å². The Morgan fingerprint density at radius 2 is 1.76 bits per heavy atom. The molecule has 0 aliphatic rings. The molecule has 0 atom stereocenters. The van der Waals surface area contributed by atoms with Gasteiger partial charge >= 0.3 is 11.8 Å². The molecular formula is C17H26N2O2. The van der Waals surface area contributed by atoms with Crippen LogP contribution in [0.2, 0.25) is 0 Å². The minimum Gasteiger partial charge on any atom is -0.348 e. The van der Waals surface area contributed by atoms with Crippen molar-refractivity contribution in [3.63, 3.8) is 0 Å². The van der Waals surface area contributed by atoms with E-state index in [2.05, 4.69) is 31.4 Å². The summed E-state index contributed by atoms with van der Waals surface area (Å²) in [5.41, 5.74) is 1.74. The first-order valence-electron chi connectivity index (χ1n) is 7.74. The van der Waals surface area contributed by atoms with Gasteiger partial charge in [-0.15, -0.1) is 0 Å². The van der Waals surface area contributed by atoms with Crippen molar-refractivity contribution in [3.8, 4) is 0 Å². The number of hydrogen-bond donors (Lipinski definition) is 2. The third-order valence-corrected chi connectivity index (χ3v) is 3.35. The number of nitrogens with one attached hydrogen (secondary N) is 2. The Balaban J connectivity index is 2.47. The van der Waals surface area contributed by atoms with Crippen LogP contribution in [-0.4, -0.2) is 18.4 Å². The van der Waals surface area contributed by atoms with Gasteiger partial charge in [0.25, 0.3) is 0 Å². The number of carbonyl (C=O) groups is 2. The fourth-order valence-corrected chi connectivity index (χ4v) is 2.13. The molecule has 21 heavy (non-hydrogen) atoms. The lowest BCUT2D eigenvalue weighted by Gasteiger charge is -2.13. The molecule has 116 valence electrons. The molecule has 0 radical (unpaired) electrons. The summed E-state index contributed by atoms with van der Waals surface area (Å²) in [7, 11) is 0. The van der Waals surface area contributed by atoms with E-state index < -0.39 is 11.8 Å². The summed E-state index contributed by atoms with van der Waals surface area (Å²) in [5, 5.41) is 5.35. The maximum Gasteiger partial charge on any atom is 0.313 e. The van der Waals surface area contributed by atoms with Gasteiger partial charge < -0.3 is 10.6 Å². The molecule has 0 spiro atoms. The number of carbonyl (C=O) groups excluding carboxylic acids is 2. The highest BCUT2D eigenvalue weighted by molar-refractivity contribution is 6.39. The SMILES string of the molecule is CCCCCCNC(=O)C(=O)Nc1ccccc1C(C)C. The molecule has 0 aliphatic heterocycles. The van der Waals surface area contributed by atoms with Crippen molar-refractivity contribution >= 4 is 17.5 Å². The van der Waals surface area contributed by atoms with Crippen molar-refractivity contribution in [2.24, 2.45) is 0 Å². The average Bonchev–Trinajstić information content (AvgIpc) is 2.47. The van der Waals surface area contributed by atoms with Crippen molar-refractivity contribution in [2.75, 3.05) is 11.9 Å². The third kappa shape index (κ3) is 5.98. The maximum absolute atomic E-state index is 11.9. The van der Waals surface area contributed by atoms with E-state index in [1.165, 1.54) is 0 Å². The van der Waals surface area contributed by atoms with Crippen LogP contribution in [0.3, 0.4) is 0 Å². The van der Waals surface area contributed by atoms with Crippen molar-refractivity contribution in [1.29, 1.82) is 0 Å². The molecule has 2 amide bonds. The number of para-hydroxylation sites is 1. The summed E-state index contributed by atoms with van der Waals surface area (Å²) < 4.78 is 0. The van der Waals surface area contributed by atoms with E-state index >= 15 is 0 Å². The summed E-state index contributed by atoms with van der Waals surface area (Å²) >= 11 is 0. The number of amides is 2. The Bertz CT molecular complexity index is 470. The first-order valence-corrected chi connectivity index (χ1v) is 7.74. The van der Waals surface area contributed by atoms with E-state index in [1.807, 2.05) is 24.3 Å². The Labute approximate surface area is 127 Å². The molecule has 0 saturated carbocycles. The van der Waals surface area contributed by atoms with Gasteiger partial charge in [-0.1, -0.05) is 58.2 Å². The lowest BCUT2D eigenvalue weighted by Crippen LogP contribution is -2.36. The minimum atomic E-state index is -0.599. The monoisotopic (exact) mass is 290 g/mol. The van der Waals surface area contributed by atoms with Crippen LogP contribution < -0.4 is 10.6 Å². The normalized spacial score (nSPS) is 10.5. The molecule has 0 heterocycles. The predicted octanol–water partition coefficient (Wildman–Crippen LogP) is 3.45. The largest absolute Gasteiger partial charge is 0.348 e. The minimum absolute atomic E-state index is 0.290. The van der Waals surface area contributed by atoms with Crippen LogP contribution in [0, 0.1) is 0 Å². The summed E-state index contributed by atoms with van der Waals surface area (Å²) in [6.07, 6.45) is 4.30. The molecule has 0 aliphatic carbocycles. The lowest BCUT2D eigenvalue weighted by atomic mass is 10.0. The van der Waals surface area contributed by atoms with Gasteiger partial charge in [-0.05, 0) is 24.0 Å². The molecular weight excluding hydrogens is 264 g/mol. The highest BCUT2D eigenvalue weighted by Crippen LogP contribution is 2.23. The van der Waals surface area contributed by atoms with Crippen LogP contribution >= 0.6 is 0 Å². The van der Waals surface area contributed by atoms with Gasteiger partial charge in [0.1, 0.15) is 0 Å². The highest BCUT2D eigenvalue weighted by Gasteiger charge is 2.15. The Hall–Kier alpha value is -1.84. The predicted molar refractivity (Wildman–Crippen MR) is 86.3 cm³/mol. The lowest BCUT2D eigenvalue weighted by molar-refractivity contribution is -0.136. The van der Waals surface area contributed by atoms with E-state index in [0.29, 0.717) is 18.2 Å². The average molecular weight is 290 g/mol. The van der Waals surface area contributed by atoms with E-state index in [-0.39, 0.29) is 0 Å². The van der Waals surface area contributed by atoms with Gasteiger partial charge in [-0.3, -0.25) is 9.59 Å². The summed E-state index contributed by atoms with van der Waals surface area (Å²) in [6.45, 7) is 6.80. The number of hydrogen-bond acceptors (Lipinski definition) is 2. The quantitative estimate of drug-likeness (QED) is 0.597.